The Hall–Kier alpha value is -0.770. The highest BCUT2D eigenvalue weighted by Gasteiger charge is 2.19. The standard InChI is InChI=1S/C14H18ClNO2/c15-13-5-11-2-4-18-14(11)12(6-13)9-17-8-10-1-3-16-7-10/h5-6,10,16H,1-4,7-9H2. The van der Waals surface area contributed by atoms with Gasteiger partial charge in [-0.25, -0.2) is 0 Å². The molecule has 0 bridgehead atoms. The van der Waals surface area contributed by atoms with Gasteiger partial charge in [-0.15, -0.1) is 0 Å². The molecule has 0 radical (unpaired) electrons. The molecule has 0 aliphatic carbocycles. The van der Waals surface area contributed by atoms with Crippen molar-refractivity contribution in [3.8, 4) is 5.75 Å². The summed E-state index contributed by atoms with van der Waals surface area (Å²) in [6, 6.07) is 3.95. The lowest BCUT2D eigenvalue weighted by Crippen LogP contribution is -2.13. The lowest BCUT2D eigenvalue weighted by atomic mass is 10.1. The van der Waals surface area contributed by atoms with Gasteiger partial charge in [-0.3, -0.25) is 0 Å². The molecule has 1 N–H and O–H groups in total. The lowest BCUT2D eigenvalue weighted by Gasteiger charge is -2.12. The van der Waals surface area contributed by atoms with E-state index in [4.69, 9.17) is 21.1 Å². The molecule has 1 saturated heterocycles. The minimum atomic E-state index is 0.597. The van der Waals surface area contributed by atoms with Crippen LogP contribution in [0.1, 0.15) is 17.5 Å². The third-order valence-electron chi connectivity index (χ3n) is 3.60. The lowest BCUT2D eigenvalue weighted by molar-refractivity contribution is 0.0909. The summed E-state index contributed by atoms with van der Waals surface area (Å²) in [5.74, 6) is 1.64. The normalized spacial score (nSPS) is 21.9. The van der Waals surface area contributed by atoms with Crippen molar-refractivity contribution in [2.45, 2.75) is 19.4 Å². The van der Waals surface area contributed by atoms with E-state index in [0.29, 0.717) is 12.5 Å². The number of halogens is 1. The average molecular weight is 268 g/mol. The molecule has 0 aromatic heterocycles. The highest BCUT2D eigenvalue weighted by Crippen LogP contribution is 2.33. The summed E-state index contributed by atoms with van der Waals surface area (Å²) in [6.45, 7) is 4.36. The number of hydrogen-bond acceptors (Lipinski definition) is 3. The Labute approximate surface area is 112 Å². The molecule has 1 unspecified atom stereocenters. The number of fused-ring (bicyclic) bond motifs is 1. The molecular weight excluding hydrogens is 250 g/mol. The number of benzene rings is 1. The minimum Gasteiger partial charge on any atom is -0.493 e. The number of nitrogens with one attached hydrogen (secondary N) is 1. The smallest absolute Gasteiger partial charge is 0.128 e. The van der Waals surface area contributed by atoms with Crippen LogP contribution in [-0.4, -0.2) is 26.3 Å². The van der Waals surface area contributed by atoms with Crippen LogP contribution in [0, 0.1) is 5.92 Å². The maximum absolute atomic E-state index is 6.11. The van der Waals surface area contributed by atoms with Crippen molar-refractivity contribution in [1.29, 1.82) is 0 Å². The van der Waals surface area contributed by atoms with Gasteiger partial charge >= 0.3 is 0 Å². The molecule has 0 amide bonds. The second-order valence-electron chi connectivity index (χ2n) is 5.03. The van der Waals surface area contributed by atoms with Gasteiger partial charge in [-0.05, 0) is 36.6 Å². The molecule has 18 heavy (non-hydrogen) atoms. The van der Waals surface area contributed by atoms with Crippen molar-refractivity contribution >= 4 is 11.6 Å². The Balaban J connectivity index is 1.61. The summed E-state index contributed by atoms with van der Waals surface area (Å²) in [5.41, 5.74) is 2.30. The number of rotatable bonds is 4. The van der Waals surface area contributed by atoms with Crippen molar-refractivity contribution in [3.63, 3.8) is 0 Å². The van der Waals surface area contributed by atoms with E-state index in [2.05, 4.69) is 5.32 Å². The predicted octanol–water partition coefficient (Wildman–Crippen LogP) is 2.40. The SMILES string of the molecule is Clc1cc2c(c(COCC3CCNC3)c1)OCC2. The summed E-state index contributed by atoms with van der Waals surface area (Å²) in [7, 11) is 0. The van der Waals surface area contributed by atoms with E-state index in [0.717, 1.165) is 49.1 Å². The summed E-state index contributed by atoms with van der Waals surface area (Å²) in [4.78, 5) is 0. The largest absolute Gasteiger partial charge is 0.493 e. The first-order valence-corrected chi connectivity index (χ1v) is 6.93. The van der Waals surface area contributed by atoms with Crippen molar-refractivity contribution < 1.29 is 9.47 Å². The van der Waals surface area contributed by atoms with Gasteiger partial charge in [0.1, 0.15) is 5.75 Å². The van der Waals surface area contributed by atoms with Crippen molar-refractivity contribution in [3.05, 3.63) is 28.3 Å². The molecule has 3 rings (SSSR count). The van der Waals surface area contributed by atoms with Gasteiger partial charge < -0.3 is 14.8 Å². The molecule has 1 aromatic carbocycles. The first-order chi connectivity index (χ1) is 8.83. The molecule has 2 aliphatic heterocycles. The maximum Gasteiger partial charge on any atom is 0.128 e. The van der Waals surface area contributed by atoms with E-state index in [1.54, 1.807) is 0 Å². The zero-order valence-electron chi connectivity index (χ0n) is 10.4. The second kappa shape index (κ2) is 5.47. The predicted molar refractivity (Wildman–Crippen MR) is 71.3 cm³/mol. The van der Waals surface area contributed by atoms with E-state index in [1.807, 2.05) is 12.1 Å². The van der Waals surface area contributed by atoms with Gasteiger partial charge in [0.05, 0.1) is 19.8 Å². The molecular formula is C14H18ClNO2. The van der Waals surface area contributed by atoms with E-state index >= 15 is 0 Å². The monoisotopic (exact) mass is 267 g/mol. The molecule has 2 heterocycles. The Bertz CT molecular complexity index is 430. The Morgan fingerprint density at radius 3 is 3.22 bits per heavy atom. The summed E-state index contributed by atoms with van der Waals surface area (Å²) >= 11 is 6.11. The highest BCUT2D eigenvalue weighted by molar-refractivity contribution is 6.30. The average Bonchev–Trinajstić information content (AvgIpc) is 2.98. The fraction of sp³-hybridized carbons (Fsp3) is 0.571. The van der Waals surface area contributed by atoms with Crippen LogP contribution in [0.5, 0.6) is 5.75 Å². The van der Waals surface area contributed by atoms with Gasteiger partial charge in [-0.2, -0.15) is 0 Å². The van der Waals surface area contributed by atoms with Gasteiger partial charge in [0, 0.05) is 23.6 Å². The minimum absolute atomic E-state index is 0.597. The number of hydrogen-bond donors (Lipinski definition) is 1. The number of ether oxygens (including phenoxy) is 2. The quantitative estimate of drug-likeness (QED) is 0.909. The van der Waals surface area contributed by atoms with Crippen LogP contribution in [0.25, 0.3) is 0 Å². The molecule has 2 aliphatic rings. The summed E-state index contributed by atoms with van der Waals surface area (Å²) in [6.07, 6.45) is 2.17. The van der Waals surface area contributed by atoms with Crippen LogP contribution in [0.2, 0.25) is 5.02 Å². The van der Waals surface area contributed by atoms with Gasteiger partial charge in [0.15, 0.2) is 0 Å². The molecule has 0 saturated carbocycles. The first-order valence-electron chi connectivity index (χ1n) is 6.55. The Morgan fingerprint density at radius 2 is 2.39 bits per heavy atom. The van der Waals surface area contributed by atoms with Crippen LogP contribution < -0.4 is 10.1 Å². The molecule has 3 nitrogen and oxygen atoms in total. The topological polar surface area (TPSA) is 30.5 Å². The molecule has 1 aromatic rings. The molecule has 4 heteroatoms. The zero-order valence-corrected chi connectivity index (χ0v) is 11.1. The first kappa shape index (κ1) is 12.3. The fourth-order valence-corrected chi connectivity index (χ4v) is 2.91. The highest BCUT2D eigenvalue weighted by atomic mass is 35.5. The van der Waals surface area contributed by atoms with Gasteiger partial charge in [-0.1, -0.05) is 11.6 Å². The Kier molecular flexibility index (Phi) is 3.73. The van der Waals surface area contributed by atoms with E-state index < -0.39 is 0 Å². The van der Waals surface area contributed by atoms with Crippen LogP contribution >= 0.6 is 11.6 Å². The molecule has 0 spiro atoms. The van der Waals surface area contributed by atoms with Crippen molar-refractivity contribution in [2.75, 3.05) is 26.3 Å². The van der Waals surface area contributed by atoms with Crippen molar-refractivity contribution in [2.24, 2.45) is 5.92 Å². The zero-order chi connectivity index (χ0) is 12.4. The molecule has 1 fully saturated rings. The van der Waals surface area contributed by atoms with Crippen LogP contribution in [0.4, 0.5) is 0 Å². The third kappa shape index (κ3) is 2.63. The third-order valence-corrected chi connectivity index (χ3v) is 3.82. The van der Waals surface area contributed by atoms with Crippen LogP contribution in [-0.2, 0) is 17.8 Å². The van der Waals surface area contributed by atoms with E-state index in [-0.39, 0.29) is 0 Å². The van der Waals surface area contributed by atoms with Crippen LogP contribution in [0.15, 0.2) is 12.1 Å². The molecule has 98 valence electrons. The van der Waals surface area contributed by atoms with E-state index in [9.17, 15) is 0 Å². The van der Waals surface area contributed by atoms with Gasteiger partial charge in [0.2, 0.25) is 0 Å². The summed E-state index contributed by atoms with van der Waals surface area (Å²) < 4.78 is 11.5. The molecule has 1 atom stereocenters. The van der Waals surface area contributed by atoms with Gasteiger partial charge in [0.25, 0.3) is 0 Å². The summed E-state index contributed by atoms with van der Waals surface area (Å²) in [5, 5.41) is 4.12. The second-order valence-corrected chi connectivity index (χ2v) is 5.46. The Morgan fingerprint density at radius 1 is 1.44 bits per heavy atom. The van der Waals surface area contributed by atoms with Crippen LogP contribution in [0.3, 0.4) is 0 Å². The maximum atomic E-state index is 6.11. The van der Waals surface area contributed by atoms with Crippen molar-refractivity contribution in [1.82, 2.24) is 5.32 Å². The van der Waals surface area contributed by atoms with E-state index in [1.165, 1.54) is 12.0 Å². The fourth-order valence-electron chi connectivity index (χ4n) is 2.65.